The molecule has 1 fully saturated rings. The van der Waals surface area contributed by atoms with Gasteiger partial charge in [0.15, 0.2) is 17.1 Å². The second kappa shape index (κ2) is 12.3. The Morgan fingerprint density at radius 1 is 1.07 bits per heavy atom. The van der Waals surface area contributed by atoms with Crippen LogP contribution in [0.4, 0.5) is 11.4 Å². The molecule has 1 aliphatic rings. The molecule has 41 heavy (non-hydrogen) atoms. The fourth-order valence-corrected chi connectivity index (χ4v) is 5.13. The average Bonchev–Trinajstić information content (AvgIpc) is 3.45. The summed E-state index contributed by atoms with van der Waals surface area (Å²) >= 11 is 0. The summed E-state index contributed by atoms with van der Waals surface area (Å²) < 4.78 is 20.0. The van der Waals surface area contributed by atoms with Crippen molar-refractivity contribution in [1.29, 1.82) is 0 Å². The van der Waals surface area contributed by atoms with Crippen LogP contribution in [0, 0.1) is 6.92 Å². The summed E-state index contributed by atoms with van der Waals surface area (Å²) in [5.74, 6) is 2.95. The van der Waals surface area contributed by atoms with Crippen molar-refractivity contribution in [2.24, 2.45) is 9.98 Å². The molecule has 2 heterocycles. The van der Waals surface area contributed by atoms with Gasteiger partial charge in [-0.25, -0.2) is 14.5 Å². The molecule has 11 heteroatoms. The van der Waals surface area contributed by atoms with Crippen LogP contribution in [0.15, 0.2) is 59.0 Å². The molecule has 0 bridgehead atoms. The Balaban J connectivity index is 1.39. The first kappa shape index (κ1) is 28.0. The van der Waals surface area contributed by atoms with E-state index in [1.54, 1.807) is 31.1 Å². The maximum atomic E-state index is 6.64. The Morgan fingerprint density at radius 2 is 1.85 bits per heavy atom. The van der Waals surface area contributed by atoms with E-state index in [1.807, 2.05) is 37.3 Å². The van der Waals surface area contributed by atoms with Crippen molar-refractivity contribution in [2.75, 3.05) is 33.6 Å². The number of anilines is 1. The fourth-order valence-electron chi connectivity index (χ4n) is 5.13. The van der Waals surface area contributed by atoms with Crippen molar-refractivity contribution < 1.29 is 14.2 Å². The van der Waals surface area contributed by atoms with Gasteiger partial charge >= 0.3 is 0 Å². The number of aryl methyl sites for hydroxylation is 1. The molecular weight excluding hydrogens is 520 g/mol. The summed E-state index contributed by atoms with van der Waals surface area (Å²) in [4.78, 5) is 19.7. The van der Waals surface area contributed by atoms with E-state index in [1.165, 1.54) is 6.33 Å². The first-order valence-corrected chi connectivity index (χ1v) is 13.6. The Morgan fingerprint density at radius 3 is 2.54 bits per heavy atom. The van der Waals surface area contributed by atoms with Crippen molar-refractivity contribution in [3.63, 3.8) is 0 Å². The van der Waals surface area contributed by atoms with Crippen LogP contribution in [-0.2, 0) is 0 Å². The van der Waals surface area contributed by atoms with E-state index in [-0.39, 0.29) is 6.10 Å². The topological polar surface area (TPSA) is 111 Å². The van der Waals surface area contributed by atoms with Crippen LogP contribution in [0.3, 0.4) is 0 Å². The first-order chi connectivity index (χ1) is 19.9. The molecule has 0 spiro atoms. The zero-order valence-corrected chi connectivity index (χ0v) is 24.2. The number of hydrogen-bond donors (Lipinski definition) is 1. The summed E-state index contributed by atoms with van der Waals surface area (Å²) in [6.45, 7) is 5.77. The largest absolute Gasteiger partial charge is 0.493 e. The van der Waals surface area contributed by atoms with Gasteiger partial charge in [-0.05, 0) is 89.3 Å². The van der Waals surface area contributed by atoms with Crippen molar-refractivity contribution in [3.05, 3.63) is 60.2 Å². The van der Waals surface area contributed by atoms with Crippen molar-refractivity contribution in [1.82, 2.24) is 24.5 Å². The lowest BCUT2D eigenvalue weighted by atomic mass is 9.92. The minimum absolute atomic E-state index is 0.0706. The lowest BCUT2D eigenvalue weighted by Crippen LogP contribution is -2.35. The van der Waals surface area contributed by atoms with Crippen molar-refractivity contribution in [2.45, 2.75) is 44.8 Å². The highest BCUT2D eigenvalue weighted by Crippen LogP contribution is 2.40. The molecule has 2 aromatic heterocycles. The van der Waals surface area contributed by atoms with E-state index in [2.05, 4.69) is 56.1 Å². The van der Waals surface area contributed by atoms with Crippen LogP contribution >= 0.6 is 0 Å². The van der Waals surface area contributed by atoms with Gasteiger partial charge < -0.3 is 24.4 Å². The molecule has 0 atom stereocenters. The summed E-state index contributed by atoms with van der Waals surface area (Å²) in [5.41, 5.74) is 3.76. The lowest BCUT2D eigenvalue weighted by molar-refractivity contribution is 0.108. The Kier molecular flexibility index (Phi) is 8.44. The van der Waals surface area contributed by atoms with E-state index in [0.29, 0.717) is 51.9 Å². The Hall–Kier alpha value is -4.51. The van der Waals surface area contributed by atoms with E-state index < -0.39 is 0 Å². The van der Waals surface area contributed by atoms with E-state index >= 15 is 0 Å². The zero-order chi connectivity index (χ0) is 28.9. The van der Waals surface area contributed by atoms with Crippen LogP contribution in [0.5, 0.6) is 23.1 Å². The zero-order valence-electron chi connectivity index (χ0n) is 24.2. The smallest absolute Gasteiger partial charge is 0.224 e. The number of fused-ring (bicyclic) bond motifs is 1. The van der Waals surface area contributed by atoms with E-state index in [9.17, 15) is 0 Å². The second-order valence-electron chi connectivity index (χ2n) is 10.2. The number of benzene rings is 2. The third-order valence-corrected chi connectivity index (χ3v) is 7.41. The molecule has 0 saturated heterocycles. The summed E-state index contributed by atoms with van der Waals surface area (Å²) in [6, 6.07) is 11.8. The standard InChI is InChI=1S/C30H36N8O3/c1-19-15-20(7-13-24(19)41-27-16-26-33-17-35-38(26)18-34-27)36-30(32-3)28-23(31-2)12-14-25(39-6)29(28)40-22-10-8-21(9-11-22)37(4)5/h7,12-18,21-22H,2,8-11H2,1,3-6H3,(H,32,36). The highest BCUT2D eigenvalue weighted by atomic mass is 16.5. The SMILES string of the molecule is C=Nc1ccc(OC)c(OC2CCC(N(C)C)CC2)c1/C(=N\C)Nc1ccc(Oc2cc3ncnn3cn2)c(C)c1. The highest BCUT2D eigenvalue weighted by Gasteiger charge is 2.27. The van der Waals surface area contributed by atoms with Crippen LogP contribution in [0.25, 0.3) is 5.65 Å². The van der Waals surface area contributed by atoms with Gasteiger partial charge in [-0.1, -0.05) is 0 Å². The quantitative estimate of drug-likeness (QED) is 0.218. The number of ether oxygens (including phenoxy) is 3. The van der Waals surface area contributed by atoms with Gasteiger partial charge in [0.25, 0.3) is 0 Å². The molecule has 1 aliphatic carbocycles. The lowest BCUT2D eigenvalue weighted by Gasteiger charge is -2.33. The molecule has 1 saturated carbocycles. The van der Waals surface area contributed by atoms with Gasteiger partial charge in [-0.15, -0.1) is 0 Å². The molecule has 0 radical (unpaired) electrons. The van der Waals surface area contributed by atoms with E-state index in [4.69, 9.17) is 14.2 Å². The summed E-state index contributed by atoms with van der Waals surface area (Å²) in [6.07, 6.45) is 7.20. The minimum Gasteiger partial charge on any atom is -0.493 e. The number of nitrogens with zero attached hydrogens (tertiary/aromatic N) is 7. The Labute approximate surface area is 239 Å². The number of methoxy groups -OCH3 is 1. The third kappa shape index (κ3) is 6.14. The van der Waals surface area contributed by atoms with Gasteiger partial charge in [0, 0.05) is 24.8 Å². The second-order valence-corrected chi connectivity index (χ2v) is 10.2. The fraction of sp³-hybridized carbons (Fsp3) is 0.367. The normalized spacial score (nSPS) is 17.5. The first-order valence-electron chi connectivity index (χ1n) is 13.6. The molecule has 0 unspecified atom stereocenters. The van der Waals surface area contributed by atoms with Crippen LogP contribution in [0.1, 0.15) is 36.8 Å². The highest BCUT2D eigenvalue weighted by molar-refractivity contribution is 6.13. The molecule has 214 valence electrons. The van der Waals surface area contributed by atoms with Gasteiger partial charge in [-0.3, -0.25) is 9.98 Å². The number of amidine groups is 1. The van der Waals surface area contributed by atoms with Crippen LogP contribution in [0.2, 0.25) is 0 Å². The van der Waals surface area contributed by atoms with Crippen LogP contribution < -0.4 is 19.5 Å². The predicted octanol–water partition coefficient (Wildman–Crippen LogP) is 5.31. The summed E-state index contributed by atoms with van der Waals surface area (Å²) in [5, 5.41) is 7.52. The molecule has 0 aliphatic heterocycles. The van der Waals surface area contributed by atoms with Crippen molar-refractivity contribution >= 4 is 29.6 Å². The minimum atomic E-state index is 0.0706. The monoisotopic (exact) mass is 556 g/mol. The Bertz CT molecular complexity index is 1560. The molecule has 0 amide bonds. The van der Waals surface area contributed by atoms with Gasteiger partial charge in [-0.2, -0.15) is 5.10 Å². The number of aromatic nitrogens is 4. The number of hydrogen-bond acceptors (Lipinski definition) is 9. The maximum absolute atomic E-state index is 6.64. The molecule has 1 N–H and O–H groups in total. The third-order valence-electron chi connectivity index (χ3n) is 7.41. The molecule has 4 aromatic rings. The van der Waals surface area contributed by atoms with Gasteiger partial charge in [0.2, 0.25) is 5.88 Å². The van der Waals surface area contributed by atoms with Gasteiger partial charge in [0.05, 0.1) is 24.5 Å². The van der Waals surface area contributed by atoms with E-state index in [0.717, 1.165) is 36.9 Å². The van der Waals surface area contributed by atoms with Crippen LogP contribution in [-0.4, -0.2) is 77.4 Å². The summed E-state index contributed by atoms with van der Waals surface area (Å²) in [7, 11) is 7.65. The molecule has 2 aromatic carbocycles. The van der Waals surface area contributed by atoms with Crippen molar-refractivity contribution in [3.8, 4) is 23.1 Å². The molecule has 5 rings (SSSR count). The maximum Gasteiger partial charge on any atom is 0.224 e. The molecular formula is C30H36N8O3. The van der Waals surface area contributed by atoms with Gasteiger partial charge in [0.1, 0.15) is 24.2 Å². The number of nitrogens with one attached hydrogen (secondary N) is 1. The molecule has 11 nitrogen and oxygen atoms in total. The average molecular weight is 557 g/mol. The number of rotatable bonds is 9. The number of aliphatic imine (C=N–C) groups is 2. The predicted molar refractivity (Wildman–Crippen MR) is 161 cm³/mol.